The van der Waals surface area contributed by atoms with Crippen molar-refractivity contribution in [3.05, 3.63) is 0 Å². The van der Waals surface area contributed by atoms with Crippen LogP contribution in [0.2, 0.25) is 0 Å². The molecular formula is C10H22N2O3. The van der Waals surface area contributed by atoms with Crippen molar-refractivity contribution < 1.29 is 14.6 Å². The van der Waals surface area contributed by atoms with Gasteiger partial charge in [0.25, 0.3) is 0 Å². The molecule has 0 unspecified atom stereocenters. The number of rotatable bonds is 4. The predicted molar refractivity (Wildman–Crippen MR) is 58.8 cm³/mol. The number of carbonyl (C=O) groups is 1. The third kappa shape index (κ3) is 6.30. The predicted octanol–water partition coefficient (Wildman–Crippen LogP) is 0.434. The monoisotopic (exact) mass is 218 g/mol. The largest absolute Gasteiger partial charge is 0.444 e. The van der Waals surface area contributed by atoms with Crippen molar-refractivity contribution in [2.45, 2.75) is 32.4 Å². The van der Waals surface area contributed by atoms with Crippen LogP contribution in [0.15, 0.2) is 0 Å². The number of carbonyl (C=O) groups excluding carboxylic acids is 1. The first-order valence-corrected chi connectivity index (χ1v) is 5.02. The van der Waals surface area contributed by atoms with E-state index in [0.717, 1.165) is 0 Å². The van der Waals surface area contributed by atoms with Gasteiger partial charge < -0.3 is 20.1 Å². The van der Waals surface area contributed by atoms with Crippen molar-refractivity contribution in [3.8, 4) is 0 Å². The van der Waals surface area contributed by atoms with Gasteiger partial charge in [0.05, 0.1) is 6.61 Å². The maximum atomic E-state index is 11.5. The molecule has 0 rings (SSSR count). The summed E-state index contributed by atoms with van der Waals surface area (Å²) in [5, 5.41) is 11.8. The molecule has 0 saturated heterocycles. The van der Waals surface area contributed by atoms with Gasteiger partial charge in [-0.3, -0.25) is 0 Å². The first kappa shape index (κ1) is 14.2. The molecule has 15 heavy (non-hydrogen) atoms. The van der Waals surface area contributed by atoms with Crippen LogP contribution in [0.25, 0.3) is 0 Å². The molecule has 0 aliphatic carbocycles. The average Bonchev–Trinajstić information content (AvgIpc) is 2.10. The second kappa shape index (κ2) is 5.92. The molecule has 0 aromatic rings. The summed E-state index contributed by atoms with van der Waals surface area (Å²) in [5.41, 5.74) is -0.486. The molecule has 0 fully saturated rings. The molecule has 0 aliphatic rings. The van der Waals surface area contributed by atoms with Crippen LogP contribution < -0.4 is 5.32 Å². The highest BCUT2D eigenvalue weighted by Gasteiger charge is 2.21. The molecule has 0 radical (unpaired) electrons. The molecule has 2 N–H and O–H groups in total. The lowest BCUT2D eigenvalue weighted by atomic mass is 10.2. The van der Waals surface area contributed by atoms with E-state index in [2.05, 4.69) is 5.32 Å². The Bertz CT molecular complexity index is 197. The first-order chi connectivity index (χ1) is 6.80. The third-order valence-electron chi connectivity index (χ3n) is 1.83. The van der Waals surface area contributed by atoms with Crippen molar-refractivity contribution in [1.82, 2.24) is 10.2 Å². The molecule has 1 amide bonds. The summed E-state index contributed by atoms with van der Waals surface area (Å²) in [7, 11) is 3.39. The van der Waals surface area contributed by atoms with E-state index in [-0.39, 0.29) is 18.7 Å². The minimum absolute atomic E-state index is 0.0103. The number of nitrogens with zero attached hydrogens (tertiary/aromatic N) is 1. The molecule has 1 atom stereocenters. The van der Waals surface area contributed by atoms with Crippen molar-refractivity contribution in [3.63, 3.8) is 0 Å². The SMILES string of the molecule is CN[C@H](CO)CN(C)C(=O)OC(C)(C)C. The van der Waals surface area contributed by atoms with Crippen molar-refractivity contribution in [2.75, 3.05) is 27.2 Å². The number of aliphatic hydroxyl groups is 1. The Balaban J connectivity index is 4.09. The Morgan fingerprint density at radius 1 is 1.53 bits per heavy atom. The maximum Gasteiger partial charge on any atom is 0.410 e. The lowest BCUT2D eigenvalue weighted by Gasteiger charge is -2.26. The van der Waals surface area contributed by atoms with E-state index in [1.165, 1.54) is 4.90 Å². The van der Waals surface area contributed by atoms with Crippen LogP contribution in [0, 0.1) is 0 Å². The minimum Gasteiger partial charge on any atom is -0.444 e. The fourth-order valence-electron chi connectivity index (χ4n) is 0.985. The van der Waals surface area contributed by atoms with Gasteiger partial charge in [-0.05, 0) is 27.8 Å². The fraction of sp³-hybridized carbons (Fsp3) is 0.900. The number of likely N-dealkylation sites (N-methyl/N-ethyl adjacent to an activating group) is 2. The summed E-state index contributed by atoms with van der Waals surface area (Å²) < 4.78 is 5.17. The van der Waals surface area contributed by atoms with Gasteiger partial charge in [-0.1, -0.05) is 0 Å². The van der Waals surface area contributed by atoms with Crippen LogP contribution in [0.1, 0.15) is 20.8 Å². The van der Waals surface area contributed by atoms with Crippen molar-refractivity contribution >= 4 is 6.09 Å². The molecule has 0 aromatic heterocycles. The van der Waals surface area contributed by atoms with E-state index in [4.69, 9.17) is 9.84 Å². The van der Waals surface area contributed by atoms with Gasteiger partial charge in [0.2, 0.25) is 0 Å². The van der Waals surface area contributed by atoms with E-state index < -0.39 is 5.60 Å². The van der Waals surface area contributed by atoms with Crippen LogP contribution in [-0.4, -0.2) is 55.0 Å². The van der Waals surface area contributed by atoms with E-state index in [1.54, 1.807) is 14.1 Å². The smallest absolute Gasteiger partial charge is 0.410 e. The highest BCUT2D eigenvalue weighted by Crippen LogP contribution is 2.09. The van der Waals surface area contributed by atoms with Gasteiger partial charge in [-0.2, -0.15) is 0 Å². The standard InChI is InChI=1S/C10H22N2O3/c1-10(2,3)15-9(14)12(5)6-8(7-13)11-4/h8,11,13H,6-7H2,1-5H3/t8-/m0/s1. The lowest BCUT2D eigenvalue weighted by Crippen LogP contribution is -2.44. The highest BCUT2D eigenvalue weighted by molar-refractivity contribution is 5.67. The number of aliphatic hydroxyl groups excluding tert-OH is 1. The quantitative estimate of drug-likeness (QED) is 0.718. The zero-order chi connectivity index (χ0) is 12.1. The molecule has 0 spiro atoms. The zero-order valence-corrected chi connectivity index (χ0v) is 10.2. The Hall–Kier alpha value is -0.810. The van der Waals surface area contributed by atoms with Gasteiger partial charge in [0, 0.05) is 19.6 Å². The number of ether oxygens (including phenoxy) is 1. The molecule has 0 bridgehead atoms. The Morgan fingerprint density at radius 3 is 2.40 bits per heavy atom. The molecule has 0 heterocycles. The van der Waals surface area contributed by atoms with Crippen LogP contribution in [0.4, 0.5) is 4.79 Å². The Morgan fingerprint density at radius 2 is 2.07 bits per heavy atom. The fourth-order valence-corrected chi connectivity index (χ4v) is 0.985. The molecule has 5 nitrogen and oxygen atoms in total. The molecule has 90 valence electrons. The number of amides is 1. The third-order valence-corrected chi connectivity index (χ3v) is 1.83. The summed E-state index contributed by atoms with van der Waals surface area (Å²) in [6.07, 6.45) is -0.379. The van der Waals surface area contributed by atoms with Crippen molar-refractivity contribution in [2.24, 2.45) is 0 Å². The number of hydrogen-bond acceptors (Lipinski definition) is 4. The van der Waals surface area contributed by atoms with Gasteiger partial charge in [-0.15, -0.1) is 0 Å². The zero-order valence-electron chi connectivity index (χ0n) is 10.2. The van der Waals surface area contributed by atoms with E-state index in [1.807, 2.05) is 20.8 Å². The lowest BCUT2D eigenvalue weighted by molar-refractivity contribution is 0.0273. The Kier molecular flexibility index (Phi) is 5.60. The van der Waals surface area contributed by atoms with Gasteiger partial charge in [0.15, 0.2) is 0 Å². The highest BCUT2D eigenvalue weighted by atomic mass is 16.6. The minimum atomic E-state index is -0.486. The Labute approximate surface area is 91.4 Å². The summed E-state index contributed by atoms with van der Waals surface area (Å²) in [4.78, 5) is 13.0. The van der Waals surface area contributed by atoms with Crippen LogP contribution >= 0.6 is 0 Å². The summed E-state index contributed by atoms with van der Waals surface area (Å²) in [6.45, 7) is 5.87. The van der Waals surface area contributed by atoms with Gasteiger partial charge in [-0.25, -0.2) is 4.79 Å². The topological polar surface area (TPSA) is 61.8 Å². The average molecular weight is 218 g/mol. The number of hydrogen-bond donors (Lipinski definition) is 2. The van der Waals surface area contributed by atoms with E-state index in [0.29, 0.717) is 6.54 Å². The maximum absolute atomic E-state index is 11.5. The molecule has 0 aliphatic heterocycles. The summed E-state index contributed by atoms with van der Waals surface area (Å²) >= 11 is 0. The molecule has 0 aromatic carbocycles. The van der Waals surface area contributed by atoms with Crippen molar-refractivity contribution in [1.29, 1.82) is 0 Å². The van der Waals surface area contributed by atoms with Crippen LogP contribution in [-0.2, 0) is 4.74 Å². The second-order valence-corrected chi connectivity index (χ2v) is 4.53. The van der Waals surface area contributed by atoms with Crippen LogP contribution in [0.5, 0.6) is 0 Å². The summed E-state index contributed by atoms with van der Waals surface area (Å²) in [5.74, 6) is 0. The van der Waals surface area contributed by atoms with Gasteiger partial charge in [0.1, 0.15) is 5.60 Å². The van der Waals surface area contributed by atoms with E-state index >= 15 is 0 Å². The molecule has 0 saturated carbocycles. The molecule has 5 heteroatoms. The van der Waals surface area contributed by atoms with Gasteiger partial charge >= 0.3 is 6.09 Å². The molecular weight excluding hydrogens is 196 g/mol. The van der Waals surface area contributed by atoms with Crippen LogP contribution in [0.3, 0.4) is 0 Å². The first-order valence-electron chi connectivity index (χ1n) is 5.02. The number of nitrogens with one attached hydrogen (secondary N) is 1. The van der Waals surface area contributed by atoms with E-state index in [9.17, 15) is 4.79 Å². The summed E-state index contributed by atoms with van der Waals surface area (Å²) in [6, 6.07) is -0.123. The second-order valence-electron chi connectivity index (χ2n) is 4.53. The normalized spacial score (nSPS) is 13.5.